The fourth-order valence-corrected chi connectivity index (χ4v) is 1.72. The highest BCUT2D eigenvalue weighted by Crippen LogP contribution is 2.16. The van der Waals surface area contributed by atoms with Crippen LogP contribution in [0.1, 0.15) is 37.7 Å². The molecule has 1 aromatic heterocycles. The van der Waals surface area contributed by atoms with Crippen molar-refractivity contribution in [3.05, 3.63) is 24.0 Å². The van der Waals surface area contributed by atoms with Crippen molar-refractivity contribution in [3.63, 3.8) is 0 Å². The van der Waals surface area contributed by atoms with Crippen LogP contribution in [0.4, 0.5) is 5.69 Å². The van der Waals surface area contributed by atoms with Crippen LogP contribution in [0.25, 0.3) is 0 Å². The molecule has 0 aliphatic carbocycles. The standard InChI is InChI=1S/C12H18N2O2/c1-8(2)7-9(3)14-10-5-4-6-13-11(10)12(15)16/h4-6,8-9,14H,7H2,1-3H3,(H,15,16). The summed E-state index contributed by atoms with van der Waals surface area (Å²) in [5.74, 6) is -0.424. The highest BCUT2D eigenvalue weighted by Gasteiger charge is 2.13. The summed E-state index contributed by atoms with van der Waals surface area (Å²) in [6.07, 6.45) is 2.48. The number of hydrogen-bond acceptors (Lipinski definition) is 3. The number of rotatable bonds is 5. The molecule has 0 fully saturated rings. The summed E-state index contributed by atoms with van der Waals surface area (Å²) in [6, 6.07) is 3.71. The first kappa shape index (κ1) is 12.5. The minimum atomic E-state index is -1.00. The summed E-state index contributed by atoms with van der Waals surface area (Å²) in [6.45, 7) is 6.32. The molecule has 0 amide bonds. The van der Waals surface area contributed by atoms with E-state index in [-0.39, 0.29) is 11.7 Å². The van der Waals surface area contributed by atoms with Crippen LogP contribution in [0.2, 0.25) is 0 Å². The number of aromatic nitrogens is 1. The lowest BCUT2D eigenvalue weighted by molar-refractivity contribution is 0.0691. The van der Waals surface area contributed by atoms with Crippen LogP contribution in [-0.2, 0) is 0 Å². The Labute approximate surface area is 95.7 Å². The fourth-order valence-electron chi connectivity index (χ4n) is 1.72. The highest BCUT2D eigenvalue weighted by atomic mass is 16.4. The Morgan fingerprint density at radius 2 is 2.19 bits per heavy atom. The van der Waals surface area contributed by atoms with E-state index in [0.29, 0.717) is 11.6 Å². The molecule has 16 heavy (non-hydrogen) atoms. The van der Waals surface area contributed by atoms with Gasteiger partial charge in [0.15, 0.2) is 5.69 Å². The Bertz CT molecular complexity index is 364. The zero-order valence-electron chi connectivity index (χ0n) is 9.90. The number of hydrogen-bond donors (Lipinski definition) is 2. The molecule has 1 unspecified atom stereocenters. The zero-order chi connectivity index (χ0) is 12.1. The van der Waals surface area contributed by atoms with E-state index in [4.69, 9.17) is 5.11 Å². The lowest BCUT2D eigenvalue weighted by Gasteiger charge is -2.17. The van der Waals surface area contributed by atoms with Crippen LogP contribution in [0.5, 0.6) is 0 Å². The number of carboxylic acids is 1. The number of carbonyl (C=O) groups is 1. The molecule has 1 aromatic rings. The lowest BCUT2D eigenvalue weighted by atomic mass is 10.0. The maximum absolute atomic E-state index is 10.9. The second-order valence-electron chi connectivity index (χ2n) is 4.38. The van der Waals surface area contributed by atoms with Gasteiger partial charge in [0.25, 0.3) is 0 Å². The molecule has 0 aromatic carbocycles. The van der Waals surface area contributed by atoms with Crippen LogP contribution >= 0.6 is 0 Å². The van der Waals surface area contributed by atoms with Gasteiger partial charge in [0.05, 0.1) is 5.69 Å². The molecule has 0 spiro atoms. The van der Waals surface area contributed by atoms with Crippen LogP contribution in [0.15, 0.2) is 18.3 Å². The quantitative estimate of drug-likeness (QED) is 0.804. The maximum Gasteiger partial charge on any atom is 0.356 e. The van der Waals surface area contributed by atoms with Crippen LogP contribution in [0.3, 0.4) is 0 Å². The first-order chi connectivity index (χ1) is 7.50. The van der Waals surface area contributed by atoms with E-state index in [1.807, 2.05) is 6.92 Å². The van der Waals surface area contributed by atoms with Crippen molar-refractivity contribution in [2.45, 2.75) is 33.2 Å². The van der Waals surface area contributed by atoms with Gasteiger partial charge in [-0.25, -0.2) is 9.78 Å². The van der Waals surface area contributed by atoms with Crippen molar-refractivity contribution in [2.75, 3.05) is 5.32 Å². The van der Waals surface area contributed by atoms with Gasteiger partial charge in [-0.3, -0.25) is 0 Å². The predicted octanol–water partition coefficient (Wildman–Crippen LogP) is 2.63. The molecule has 0 bridgehead atoms. The van der Waals surface area contributed by atoms with E-state index in [9.17, 15) is 4.79 Å². The largest absolute Gasteiger partial charge is 0.476 e. The molecule has 0 aliphatic rings. The lowest BCUT2D eigenvalue weighted by Crippen LogP contribution is -2.19. The topological polar surface area (TPSA) is 62.2 Å². The van der Waals surface area contributed by atoms with Gasteiger partial charge in [0.2, 0.25) is 0 Å². The summed E-state index contributed by atoms with van der Waals surface area (Å²) < 4.78 is 0. The summed E-state index contributed by atoms with van der Waals surface area (Å²) >= 11 is 0. The third-order valence-electron chi connectivity index (χ3n) is 2.24. The Hall–Kier alpha value is -1.58. The highest BCUT2D eigenvalue weighted by molar-refractivity contribution is 5.91. The van der Waals surface area contributed by atoms with Crippen molar-refractivity contribution >= 4 is 11.7 Å². The second-order valence-corrected chi connectivity index (χ2v) is 4.38. The molecular formula is C12H18N2O2. The van der Waals surface area contributed by atoms with Gasteiger partial charge < -0.3 is 10.4 Å². The third kappa shape index (κ3) is 3.53. The molecule has 1 atom stereocenters. The van der Waals surface area contributed by atoms with E-state index in [0.717, 1.165) is 6.42 Å². The van der Waals surface area contributed by atoms with Gasteiger partial charge in [0, 0.05) is 12.2 Å². The monoisotopic (exact) mass is 222 g/mol. The van der Waals surface area contributed by atoms with Gasteiger partial charge in [-0.05, 0) is 31.4 Å². The molecule has 2 N–H and O–H groups in total. The van der Waals surface area contributed by atoms with Crippen molar-refractivity contribution in [1.29, 1.82) is 0 Å². The molecule has 0 saturated heterocycles. The maximum atomic E-state index is 10.9. The molecule has 0 radical (unpaired) electrons. The average Bonchev–Trinajstić information content (AvgIpc) is 2.16. The SMILES string of the molecule is CC(C)CC(C)Nc1cccnc1C(=O)O. The average molecular weight is 222 g/mol. The van der Waals surface area contributed by atoms with E-state index < -0.39 is 5.97 Å². The molecule has 1 heterocycles. The number of anilines is 1. The van der Waals surface area contributed by atoms with Gasteiger partial charge >= 0.3 is 5.97 Å². The zero-order valence-corrected chi connectivity index (χ0v) is 9.90. The van der Waals surface area contributed by atoms with E-state index in [2.05, 4.69) is 24.1 Å². The Morgan fingerprint density at radius 1 is 1.50 bits per heavy atom. The Balaban J connectivity index is 2.76. The van der Waals surface area contributed by atoms with E-state index in [1.165, 1.54) is 6.20 Å². The Kier molecular flexibility index (Phi) is 4.28. The Morgan fingerprint density at radius 3 is 2.75 bits per heavy atom. The van der Waals surface area contributed by atoms with Gasteiger partial charge in [-0.15, -0.1) is 0 Å². The van der Waals surface area contributed by atoms with Crippen LogP contribution in [-0.4, -0.2) is 22.1 Å². The minimum absolute atomic E-state index is 0.0816. The van der Waals surface area contributed by atoms with Gasteiger partial charge in [-0.1, -0.05) is 13.8 Å². The number of nitrogens with one attached hydrogen (secondary N) is 1. The number of nitrogens with zero attached hydrogens (tertiary/aromatic N) is 1. The minimum Gasteiger partial charge on any atom is -0.476 e. The molecule has 4 heteroatoms. The van der Waals surface area contributed by atoms with E-state index in [1.54, 1.807) is 12.1 Å². The third-order valence-corrected chi connectivity index (χ3v) is 2.24. The second kappa shape index (κ2) is 5.49. The predicted molar refractivity (Wildman–Crippen MR) is 63.7 cm³/mol. The molecule has 88 valence electrons. The van der Waals surface area contributed by atoms with Crippen molar-refractivity contribution in [1.82, 2.24) is 4.98 Å². The van der Waals surface area contributed by atoms with Gasteiger partial charge in [-0.2, -0.15) is 0 Å². The molecule has 0 saturated carbocycles. The first-order valence-corrected chi connectivity index (χ1v) is 5.45. The van der Waals surface area contributed by atoms with Crippen molar-refractivity contribution in [3.8, 4) is 0 Å². The summed E-state index contributed by atoms with van der Waals surface area (Å²) in [7, 11) is 0. The van der Waals surface area contributed by atoms with E-state index >= 15 is 0 Å². The van der Waals surface area contributed by atoms with Crippen LogP contribution in [0, 0.1) is 5.92 Å². The van der Waals surface area contributed by atoms with Crippen LogP contribution < -0.4 is 5.32 Å². The number of carboxylic acid groups (broad SMARTS) is 1. The summed E-state index contributed by atoms with van der Waals surface area (Å²) in [4.78, 5) is 14.8. The normalized spacial score (nSPS) is 12.5. The number of aromatic carboxylic acids is 1. The molecule has 4 nitrogen and oxygen atoms in total. The fraction of sp³-hybridized carbons (Fsp3) is 0.500. The smallest absolute Gasteiger partial charge is 0.356 e. The summed E-state index contributed by atoms with van der Waals surface area (Å²) in [5, 5.41) is 12.1. The summed E-state index contributed by atoms with van der Waals surface area (Å²) in [5.41, 5.74) is 0.668. The molecule has 0 aliphatic heterocycles. The first-order valence-electron chi connectivity index (χ1n) is 5.45. The number of pyridine rings is 1. The van der Waals surface area contributed by atoms with Gasteiger partial charge in [0.1, 0.15) is 0 Å². The molecule has 1 rings (SSSR count). The van der Waals surface area contributed by atoms with Crippen molar-refractivity contribution < 1.29 is 9.90 Å². The van der Waals surface area contributed by atoms with Crippen molar-refractivity contribution in [2.24, 2.45) is 5.92 Å². The molecular weight excluding hydrogens is 204 g/mol.